The number of nitrogens with zero attached hydrogens (tertiary/aromatic N) is 1. The number of hydrogen-bond donors (Lipinski definition) is 1. The fourth-order valence-corrected chi connectivity index (χ4v) is 4.56. The molecular weight excluding hydrogens is 304 g/mol. The van der Waals surface area contributed by atoms with Crippen LogP contribution < -0.4 is 0 Å². The molecule has 1 aromatic heterocycles. The molecule has 5 nitrogen and oxygen atoms in total. The SMILES string of the molecule is CC(=O)CC(=O)N1C(=O)C2c3c[nH]c4cccc(c34)CC2C1(C)C. The highest BCUT2D eigenvalue weighted by Crippen LogP contribution is 2.52. The molecule has 2 atom stereocenters. The van der Waals surface area contributed by atoms with Gasteiger partial charge in [0.15, 0.2) is 0 Å². The lowest BCUT2D eigenvalue weighted by Crippen LogP contribution is -2.48. The van der Waals surface area contributed by atoms with Crippen LogP contribution in [0.15, 0.2) is 24.4 Å². The summed E-state index contributed by atoms with van der Waals surface area (Å²) in [5.74, 6) is -1.07. The first-order valence-electron chi connectivity index (χ1n) is 8.27. The van der Waals surface area contributed by atoms with Gasteiger partial charge in [0.05, 0.1) is 12.3 Å². The highest BCUT2D eigenvalue weighted by atomic mass is 16.2. The van der Waals surface area contributed by atoms with Crippen molar-refractivity contribution in [1.29, 1.82) is 0 Å². The smallest absolute Gasteiger partial charge is 0.237 e. The van der Waals surface area contributed by atoms with Crippen molar-refractivity contribution in [3.05, 3.63) is 35.5 Å². The zero-order valence-electron chi connectivity index (χ0n) is 14.1. The molecule has 0 bridgehead atoms. The second kappa shape index (κ2) is 4.79. The van der Waals surface area contributed by atoms with E-state index in [0.29, 0.717) is 0 Å². The lowest BCUT2D eigenvalue weighted by molar-refractivity contribution is -0.147. The number of nitrogens with one attached hydrogen (secondary N) is 1. The number of ketones is 1. The number of benzene rings is 1. The quantitative estimate of drug-likeness (QED) is 0.863. The standard InChI is InChI=1S/C19H20N2O3/c1-10(22)7-15(23)21-18(24)17-12-9-20-14-6-4-5-11(16(12)14)8-13(17)19(21,2)3/h4-6,9,13,17,20H,7-8H2,1-3H3. The number of likely N-dealkylation sites (tertiary alicyclic amines) is 1. The summed E-state index contributed by atoms with van der Waals surface area (Å²) < 4.78 is 0. The van der Waals surface area contributed by atoms with Gasteiger partial charge >= 0.3 is 0 Å². The topological polar surface area (TPSA) is 70.2 Å². The summed E-state index contributed by atoms with van der Waals surface area (Å²) in [6.45, 7) is 5.25. The Morgan fingerprint density at radius 2 is 2.08 bits per heavy atom. The molecule has 2 heterocycles. The molecule has 1 N–H and O–H groups in total. The predicted molar refractivity (Wildman–Crippen MR) is 89.5 cm³/mol. The van der Waals surface area contributed by atoms with E-state index >= 15 is 0 Å². The van der Waals surface area contributed by atoms with Gasteiger partial charge in [0.1, 0.15) is 5.78 Å². The Hall–Kier alpha value is -2.43. The first kappa shape index (κ1) is 15.1. The Balaban J connectivity index is 1.84. The van der Waals surface area contributed by atoms with Crippen LogP contribution in [0, 0.1) is 5.92 Å². The minimum Gasteiger partial charge on any atom is -0.361 e. The average molecular weight is 324 g/mol. The van der Waals surface area contributed by atoms with Crippen LogP contribution in [0.2, 0.25) is 0 Å². The van der Waals surface area contributed by atoms with Crippen molar-refractivity contribution in [3.63, 3.8) is 0 Å². The van der Waals surface area contributed by atoms with Crippen LogP contribution in [-0.4, -0.2) is 33.0 Å². The van der Waals surface area contributed by atoms with Crippen LogP contribution in [0.25, 0.3) is 10.9 Å². The van der Waals surface area contributed by atoms with Crippen LogP contribution in [0.1, 0.15) is 44.2 Å². The molecule has 0 saturated carbocycles. The summed E-state index contributed by atoms with van der Waals surface area (Å²) in [7, 11) is 0. The maximum Gasteiger partial charge on any atom is 0.237 e. The number of Topliss-reactive ketones (excluding diaryl/α,β-unsaturated/α-hetero) is 1. The van der Waals surface area contributed by atoms with Gasteiger partial charge in [0.2, 0.25) is 11.8 Å². The van der Waals surface area contributed by atoms with Crippen LogP contribution in [0.4, 0.5) is 0 Å². The fraction of sp³-hybridized carbons (Fsp3) is 0.421. The summed E-state index contributed by atoms with van der Waals surface area (Å²) in [5, 5.41) is 1.11. The summed E-state index contributed by atoms with van der Waals surface area (Å²) in [6.07, 6.45) is 2.44. The molecule has 5 heteroatoms. The Bertz CT molecular complexity index is 893. The second-order valence-corrected chi connectivity index (χ2v) is 7.47. The maximum atomic E-state index is 13.1. The monoisotopic (exact) mass is 324 g/mol. The van der Waals surface area contributed by atoms with Gasteiger partial charge in [0, 0.05) is 28.6 Å². The molecule has 124 valence electrons. The van der Waals surface area contributed by atoms with E-state index in [9.17, 15) is 14.4 Å². The number of hydrogen-bond acceptors (Lipinski definition) is 3. The molecule has 2 unspecified atom stereocenters. The van der Waals surface area contributed by atoms with Crippen LogP contribution in [0.3, 0.4) is 0 Å². The molecule has 0 spiro atoms. The average Bonchev–Trinajstić information content (AvgIpc) is 2.99. The van der Waals surface area contributed by atoms with Crippen LogP contribution in [0.5, 0.6) is 0 Å². The third-order valence-corrected chi connectivity index (χ3v) is 5.62. The van der Waals surface area contributed by atoms with Gasteiger partial charge in [0.25, 0.3) is 0 Å². The molecule has 24 heavy (non-hydrogen) atoms. The molecule has 1 aromatic carbocycles. The van der Waals surface area contributed by atoms with Crippen LogP contribution in [-0.2, 0) is 20.8 Å². The molecular formula is C19H20N2O3. The molecule has 2 aromatic rings. The number of fused-ring (bicyclic) bond motifs is 2. The van der Waals surface area contributed by atoms with Crippen molar-refractivity contribution in [2.75, 3.05) is 0 Å². The van der Waals surface area contributed by atoms with Crippen molar-refractivity contribution in [3.8, 4) is 0 Å². The minimum atomic E-state index is -0.606. The largest absolute Gasteiger partial charge is 0.361 e. The number of amides is 2. The van der Waals surface area contributed by atoms with Crippen molar-refractivity contribution in [2.24, 2.45) is 5.92 Å². The number of imide groups is 1. The zero-order chi connectivity index (χ0) is 17.2. The number of carbonyl (C=O) groups excluding carboxylic acids is 3. The highest BCUT2D eigenvalue weighted by Gasteiger charge is 2.57. The highest BCUT2D eigenvalue weighted by molar-refractivity contribution is 6.09. The number of aromatic nitrogens is 1. The van der Waals surface area contributed by atoms with E-state index in [4.69, 9.17) is 0 Å². The lowest BCUT2D eigenvalue weighted by atomic mass is 9.71. The molecule has 0 radical (unpaired) electrons. The van der Waals surface area contributed by atoms with Crippen molar-refractivity contribution < 1.29 is 14.4 Å². The van der Waals surface area contributed by atoms with E-state index in [-0.39, 0.29) is 35.9 Å². The van der Waals surface area contributed by atoms with E-state index in [1.807, 2.05) is 32.2 Å². The van der Waals surface area contributed by atoms with E-state index in [0.717, 1.165) is 22.9 Å². The molecule has 2 amide bonds. The number of aromatic amines is 1. The summed E-state index contributed by atoms with van der Waals surface area (Å²) >= 11 is 0. The van der Waals surface area contributed by atoms with Crippen LogP contribution >= 0.6 is 0 Å². The first-order chi connectivity index (χ1) is 11.3. The number of rotatable bonds is 2. The van der Waals surface area contributed by atoms with E-state index in [1.54, 1.807) is 0 Å². The van der Waals surface area contributed by atoms with E-state index < -0.39 is 5.54 Å². The van der Waals surface area contributed by atoms with Crippen molar-refractivity contribution >= 4 is 28.5 Å². The minimum absolute atomic E-state index is 0.0230. The van der Waals surface area contributed by atoms with Gasteiger partial charge in [-0.1, -0.05) is 12.1 Å². The first-order valence-corrected chi connectivity index (χ1v) is 8.27. The fourth-order valence-electron chi connectivity index (χ4n) is 4.56. The van der Waals surface area contributed by atoms with Crippen molar-refractivity contribution in [2.45, 2.75) is 45.1 Å². The van der Waals surface area contributed by atoms with Gasteiger partial charge in [-0.15, -0.1) is 0 Å². The predicted octanol–water partition coefficient (Wildman–Crippen LogP) is 2.55. The van der Waals surface area contributed by atoms with Crippen molar-refractivity contribution in [1.82, 2.24) is 9.88 Å². The Morgan fingerprint density at radius 3 is 2.79 bits per heavy atom. The summed E-state index contributed by atoms with van der Waals surface area (Å²) in [5.41, 5.74) is 2.62. The molecule has 1 aliphatic heterocycles. The van der Waals surface area contributed by atoms with Gasteiger partial charge in [-0.3, -0.25) is 19.3 Å². The third-order valence-electron chi connectivity index (χ3n) is 5.62. The Kier molecular flexibility index (Phi) is 3.02. The lowest BCUT2D eigenvalue weighted by Gasteiger charge is -2.36. The summed E-state index contributed by atoms with van der Waals surface area (Å²) in [4.78, 5) is 41.6. The molecule has 4 rings (SSSR count). The maximum absolute atomic E-state index is 13.1. The normalized spacial score (nSPS) is 24.3. The molecule has 1 saturated heterocycles. The Morgan fingerprint density at radius 1 is 1.33 bits per heavy atom. The zero-order valence-corrected chi connectivity index (χ0v) is 14.1. The van der Waals surface area contributed by atoms with Gasteiger partial charge in [-0.05, 0) is 44.4 Å². The van der Waals surface area contributed by atoms with Gasteiger partial charge in [-0.25, -0.2) is 0 Å². The summed E-state index contributed by atoms with van der Waals surface area (Å²) in [6, 6.07) is 6.11. The van der Waals surface area contributed by atoms with E-state index in [2.05, 4.69) is 11.1 Å². The van der Waals surface area contributed by atoms with Gasteiger partial charge in [-0.2, -0.15) is 0 Å². The van der Waals surface area contributed by atoms with Gasteiger partial charge < -0.3 is 4.98 Å². The number of H-pyrrole nitrogens is 1. The molecule has 1 aliphatic carbocycles. The molecule has 1 fully saturated rings. The third kappa shape index (κ3) is 1.84. The second-order valence-electron chi connectivity index (χ2n) is 7.47. The number of carbonyl (C=O) groups is 3. The van der Waals surface area contributed by atoms with E-state index in [1.165, 1.54) is 17.4 Å². The molecule has 2 aliphatic rings. The Labute approximate surface area is 140 Å².